The largest absolute Gasteiger partial charge is 0.374 e. The summed E-state index contributed by atoms with van der Waals surface area (Å²) in [4.78, 5) is 13.1. The smallest absolute Gasteiger partial charge is 0.223 e. The minimum absolute atomic E-state index is 0.0353. The number of carbonyl (C=O) groups excluding carboxylic acids is 1. The average Bonchev–Trinajstić information content (AvgIpc) is 3.24. The number of aromatic nitrogens is 3. The summed E-state index contributed by atoms with van der Waals surface area (Å²) in [6.45, 7) is 4.31. The highest BCUT2D eigenvalue weighted by Gasteiger charge is 2.30. The fraction of sp³-hybridized carbons (Fsp3) is 0.609. The van der Waals surface area contributed by atoms with Crippen LogP contribution in [0.1, 0.15) is 54.1 Å². The van der Waals surface area contributed by atoms with Crippen LogP contribution in [0, 0.1) is 5.92 Å². The van der Waals surface area contributed by atoms with Crippen molar-refractivity contribution in [1.29, 1.82) is 0 Å². The van der Waals surface area contributed by atoms with Crippen molar-refractivity contribution in [3.63, 3.8) is 0 Å². The molecular formula is C23H34N8O2. The number of nitrogens with one attached hydrogen (secondary N) is 5. The second-order valence-corrected chi connectivity index (χ2v) is 9.14. The molecule has 0 radical (unpaired) electrons. The Bertz CT molecular complexity index is 958. The topological polar surface area (TPSA) is 117 Å². The van der Waals surface area contributed by atoms with Gasteiger partial charge in [-0.3, -0.25) is 15.4 Å². The first-order valence-electron chi connectivity index (χ1n) is 11.9. The van der Waals surface area contributed by atoms with E-state index in [1.54, 1.807) is 0 Å². The summed E-state index contributed by atoms with van der Waals surface area (Å²) in [6, 6.07) is 8.34. The number of benzene rings is 1. The second-order valence-electron chi connectivity index (χ2n) is 9.14. The Hall–Kier alpha value is -2.37. The third-order valence-electron chi connectivity index (χ3n) is 6.96. The maximum atomic E-state index is 13.1. The van der Waals surface area contributed by atoms with Gasteiger partial charge >= 0.3 is 0 Å². The number of ether oxygens (including phenoxy) is 1. The lowest BCUT2D eigenvalue weighted by Gasteiger charge is -2.32. The molecule has 5 N–H and O–H groups in total. The maximum absolute atomic E-state index is 13.1. The predicted molar refractivity (Wildman–Crippen MR) is 123 cm³/mol. The van der Waals surface area contributed by atoms with Gasteiger partial charge in [0.05, 0.1) is 38.0 Å². The van der Waals surface area contributed by atoms with Crippen molar-refractivity contribution in [3.8, 4) is 0 Å². The SMILES string of the molecule is Cn1c(CNC2CC(C(=O)N[C@H]3COCc4ccccc43)CCN2)nnc1C1CCNCN1. The standard InChI is InChI=1S/C23H34N8O2/c1-31-21(29-30-22(31)18-7-8-24-14-27-18)11-26-20-10-15(6-9-25-20)23(32)28-19-13-33-12-16-4-2-3-5-17(16)19/h2-5,15,18-20,24-27H,6-14H2,1H3,(H,28,32)/t15?,18?,19-,20?/m0/s1. The first-order valence-corrected chi connectivity index (χ1v) is 11.9. The zero-order valence-corrected chi connectivity index (χ0v) is 19.1. The lowest BCUT2D eigenvalue weighted by Crippen LogP contribution is -2.51. The molecule has 2 fully saturated rings. The van der Waals surface area contributed by atoms with E-state index in [4.69, 9.17) is 4.74 Å². The first kappa shape index (κ1) is 22.4. The fourth-order valence-corrected chi connectivity index (χ4v) is 5.00. The van der Waals surface area contributed by atoms with Crippen LogP contribution in [0.25, 0.3) is 0 Å². The summed E-state index contributed by atoms with van der Waals surface area (Å²) in [6.07, 6.45) is 2.62. The van der Waals surface area contributed by atoms with Gasteiger partial charge in [-0.05, 0) is 43.5 Å². The molecule has 3 aliphatic heterocycles. The minimum Gasteiger partial charge on any atom is -0.374 e. The Balaban J connectivity index is 1.15. The number of amides is 1. The molecule has 3 aliphatic rings. The van der Waals surface area contributed by atoms with E-state index in [9.17, 15) is 4.79 Å². The summed E-state index contributed by atoms with van der Waals surface area (Å²) in [7, 11) is 2.02. The average molecular weight is 455 g/mol. The van der Waals surface area contributed by atoms with E-state index in [1.165, 1.54) is 5.56 Å². The summed E-state index contributed by atoms with van der Waals surface area (Å²) in [5.74, 6) is 1.94. The zero-order chi connectivity index (χ0) is 22.6. The van der Waals surface area contributed by atoms with Gasteiger partial charge < -0.3 is 25.3 Å². The fourth-order valence-electron chi connectivity index (χ4n) is 5.00. The summed E-state index contributed by atoms with van der Waals surface area (Å²) in [5, 5.41) is 25.8. The van der Waals surface area contributed by atoms with Gasteiger partial charge in [0.25, 0.3) is 0 Å². The molecule has 4 atom stereocenters. The minimum atomic E-state index is -0.0793. The van der Waals surface area contributed by atoms with Crippen molar-refractivity contribution >= 4 is 5.91 Å². The summed E-state index contributed by atoms with van der Waals surface area (Å²) >= 11 is 0. The van der Waals surface area contributed by atoms with Crippen LogP contribution in [-0.4, -0.2) is 53.2 Å². The van der Waals surface area contributed by atoms with Gasteiger partial charge in [0.1, 0.15) is 11.6 Å². The van der Waals surface area contributed by atoms with E-state index in [-0.39, 0.29) is 30.1 Å². The van der Waals surface area contributed by atoms with Crippen LogP contribution < -0.4 is 26.6 Å². The Morgan fingerprint density at radius 2 is 2.12 bits per heavy atom. The Morgan fingerprint density at radius 1 is 1.21 bits per heavy atom. The van der Waals surface area contributed by atoms with Gasteiger partial charge in [0.2, 0.25) is 5.91 Å². The highest BCUT2D eigenvalue weighted by atomic mass is 16.5. The number of nitrogens with zero attached hydrogens (tertiary/aromatic N) is 3. The van der Waals surface area contributed by atoms with Gasteiger partial charge in [0, 0.05) is 19.6 Å². The van der Waals surface area contributed by atoms with E-state index in [0.717, 1.165) is 56.2 Å². The first-order chi connectivity index (χ1) is 16.2. The highest BCUT2D eigenvalue weighted by molar-refractivity contribution is 5.79. The molecule has 0 aliphatic carbocycles. The summed E-state index contributed by atoms with van der Waals surface area (Å²) < 4.78 is 7.77. The van der Waals surface area contributed by atoms with Crippen LogP contribution in [0.2, 0.25) is 0 Å². The van der Waals surface area contributed by atoms with Crippen LogP contribution >= 0.6 is 0 Å². The van der Waals surface area contributed by atoms with Crippen molar-refractivity contribution in [2.45, 2.75) is 50.7 Å². The molecule has 178 valence electrons. The Labute approximate surface area is 194 Å². The molecule has 5 rings (SSSR count). The number of piperidine rings is 1. The predicted octanol–water partition coefficient (Wildman–Crippen LogP) is 0.200. The molecule has 10 heteroatoms. The molecule has 2 saturated heterocycles. The van der Waals surface area contributed by atoms with Gasteiger partial charge in [-0.15, -0.1) is 10.2 Å². The van der Waals surface area contributed by atoms with Crippen LogP contribution in [0.3, 0.4) is 0 Å². The number of hydrogen-bond acceptors (Lipinski definition) is 8. The molecule has 2 aromatic rings. The Kier molecular flexibility index (Phi) is 6.98. The van der Waals surface area contributed by atoms with Crippen molar-refractivity contribution in [1.82, 2.24) is 41.3 Å². The van der Waals surface area contributed by atoms with Gasteiger partial charge in [-0.2, -0.15) is 0 Å². The van der Waals surface area contributed by atoms with Gasteiger partial charge in [-0.1, -0.05) is 24.3 Å². The van der Waals surface area contributed by atoms with Crippen LogP contribution in [-0.2, 0) is 29.7 Å². The lowest BCUT2D eigenvalue weighted by molar-refractivity contribution is -0.127. The van der Waals surface area contributed by atoms with E-state index in [2.05, 4.69) is 53.5 Å². The molecule has 33 heavy (non-hydrogen) atoms. The Morgan fingerprint density at radius 3 is 3.00 bits per heavy atom. The van der Waals surface area contributed by atoms with Crippen molar-refractivity contribution in [3.05, 3.63) is 47.0 Å². The number of hydrogen-bond donors (Lipinski definition) is 5. The van der Waals surface area contributed by atoms with Crippen LogP contribution in [0.15, 0.2) is 24.3 Å². The molecule has 3 unspecified atom stereocenters. The summed E-state index contributed by atoms with van der Waals surface area (Å²) in [5.41, 5.74) is 2.32. The molecule has 0 spiro atoms. The number of rotatable bonds is 6. The molecule has 10 nitrogen and oxygen atoms in total. The van der Waals surface area contributed by atoms with Crippen molar-refractivity contribution < 1.29 is 9.53 Å². The monoisotopic (exact) mass is 454 g/mol. The molecular weight excluding hydrogens is 420 g/mol. The second kappa shape index (κ2) is 10.3. The van der Waals surface area contributed by atoms with E-state index < -0.39 is 0 Å². The van der Waals surface area contributed by atoms with E-state index in [1.807, 2.05) is 19.2 Å². The van der Waals surface area contributed by atoms with E-state index in [0.29, 0.717) is 19.8 Å². The number of fused-ring (bicyclic) bond motifs is 1. The third kappa shape index (κ3) is 5.10. The quantitative estimate of drug-likeness (QED) is 0.420. The molecule has 0 bridgehead atoms. The van der Waals surface area contributed by atoms with Crippen molar-refractivity contribution in [2.24, 2.45) is 13.0 Å². The molecule has 1 aromatic carbocycles. The molecule has 0 saturated carbocycles. The van der Waals surface area contributed by atoms with Crippen molar-refractivity contribution in [2.75, 3.05) is 26.4 Å². The highest BCUT2D eigenvalue weighted by Crippen LogP contribution is 2.26. The van der Waals surface area contributed by atoms with Crippen LogP contribution in [0.4, 0.5) is 0 Å². The maximum Gasteiger partial charge on any atom is 0.223 e. The molecule has 4 heterocycles. The zero-order valence-electron chi connectivity index (χ0n) is 19.1. The lowest BCUT2D eigenvalue weighted by atomic mass is 9.93. The van der Waals surface area contributed by atoms with Gasteiger partial charge in [-0.25, -0.2) is 0 Å². The number of carbonyl (C=O) groups is 1. The van der Waals surface area contributed by atoms with Gasteiger partial charge in [0.15, 0.2) is 0 Å². The molecule has 1 aromatic heterocycles. The molecule has 1 amide bonds. The third-order valence-corrected chi connectivity index (χ3v) is 6.96. The van der Waals surface area contributed by atoms with E-state index >= 15 is 0 Å². The normalized spacial score (nSPS) is 27.7. The van der Waals surface area contributed by atoms with Crippen LogP contribution in [0.5, 0.6) is 0 Å².